The van der Waals surface area contributed by atoms with Crippen LogP contribution in [0, 0.1) is 0 Å². The largest absolute Gasteiger partial charge is 0.368 e. The summed E-state index contributed by atoms with van der Waals surface area (Å²) in [5, 5.41) is 3.65. The van der Waals surface area contributed by atoms with Gasteiger partial charge in [0.2, 0.25) is 5.95 Å². The lowest BCUT2D eigenvalue weighted by molar-refractivity contribution is 0.595. The van der Waals surface area contributed by atoms with Crippen molar-refractivity contribution in [1.29, 1.82) is 0 Å². The Labute approximate surface area is 235 Å². The van der Waals surface area contributed by atoms with Gasteiger partial charge in [0, 0.05) is 11.8 Å². The Morgan fingerprint density at radius 2 is 1.77 bits per heavy atom. The summed E-state index contributed by atoms with van der Waals surface area (Å²) >= 11 is 6.42. The molecular formula is C29H25ClN6O3S. The lowest BCUT2D eigenvalue weighted by atomic mass is 10.1. The van der Waals surface area contributed by atoms with Gasteiger partial charge in [-0.05, 0) is 61.7 Å². The van der Waals surface area contributed by atoms with E-state index in [9.17, 15) is 13.2 Å². The average molecular weight is 573 g/mol. The fourth-order valence-electron chi connectivity index (χ4n) is 4.72. The maximum Gasteiger partial charge on any atom is 0.267 e. The van der Waals surface area contributed by atoms with Crippen LogP contribution in [0.1, 0.15) is 31.6 Å². The Bertz CT molecular complexity index is 1920. The molecule has 11 heteroatoms. The fraction of sp³-hybridized carbons (Fsp3) is 0.172. The molecule has 0 unspecified atom stereocenters. The molecule has 1 saturated carbocycles. The smallest absolute Gasteiger partial charge is 0.267 e. The Morgan fingerprint density at radius 1 is 1.02 bits per heavy atom. The second-order valence-corrected chi connectivity index (χ2v) is 12.3. The predicted molar refractivity (Wildman–Crippen MR) is 156 cm³/mol. The van der Waals surface area contributed by atoms with Crippen LogP contribution in [0.2, 0.25) is 5.02 Å². The van der Waals surface area contributed by atoms with E-state index in [1.165, 1.54) is 4.57 Å². The summed E-state index contributed by atoms with van der Waals surface area (Å²) in [6.45, 7) is 1.85. The van der Waals surface area contributed by atoms with Gasteiger partial charge in [0.25, 0.3) is 5.56 Å². The van der Waals surface area contributed by atoms with E-state index >= 15 is 0 Å². The van der Waals surface area contributed by atoms with Crippen molar-refractivity contribution in [2.75, 3.05) is 11.1 Å². The molecule has 3 aromatic carbocycles. The Kier molecular flexibility index (Phi) is 6.52. The number of nitrogens with zero attached hydrogens (tertiary/aromatic N) is 4. The number of anilines is 2. The van der Waals surface area contributed by atoms with Crippen LogP contribution >= 0.6 is 11.6 Å². The third-order valence-corrected chi connectivity index (χ3v) is 9.45. The molecule has 2 aromatic heterocycles. The highest BCUT2D eigenvalue weighted by Gasteiger charge is 2.37. The summed E-state index contributed by atoms with van der Waals surface area (Å²) in [5.41, 5.74) is 7.94. The molecule has 1 aliphatic rings. The number of nitrogen functional groups attached to an aromatic ring is 1. The number of fused-ring (bicyclic) bond motifs is 1. The SMILES string of the molecule is C[C@@H](Nc1nc(N)ncc1-c1cccc(S(=O)(=O)C2CC2)c1)c1nc2cccc(Cl)c2c(=O)n1-c1ccccc1. The molecule has 1 aliphatic carbocycles. The second-order valence-electron chi connectivity index (χ2n) is 9.71. The molecule has 3 N–H and O–H groups in total. The van der Waals surface area contributed by atoms with Crippen LogP contribution in [-0.4, -0.2) is 33.2 Å². The molecule has 0 amide bonds. The topological polar surface area (TPSA) is 133 Å². The first kappa shape index (κ1) is 26.0. The molecular weight excluding hydrogens is 548 g/mol. The lowest BCUT2D eigenvalue weighted by Crippen LogP contribution is -2.27. The van der Waals surface area contributed by atoms with Gasteiger partial charge in [-0.15, -0.1) is 0 Å². The number of sulfone groups is 1. The van der Waals surface area contributed by atoms with Crippen molar-refractivity contribution < 1.29 is 8.42 Å². The number of hydrogen-bond acceptors (Lipinski definition) is 8. The van der Waals surface area contributed by atoms with Crippen molar-refractivity contribution in [3.05, 3.63) is 100 Å². The normalized spacial score (nSPS) is 14.2. The van der Waals surface area contributed by atoms with Gasteiger partial charge in [-0.1, -0.05) is 48.0 Å². The monoisotopic (exact) mass is 572 g/mol. The maximum atomic E-state index is 13.8. The van der Waals surface area contributed by atoms with Gasteiger partial charge < -0.3 is 11.1 Å². The Morgan fingerprint density at radius 3 is 2.52 bits per heavy atom. The van der Waals surface area contributed by atoms with E-state index in [-0.39, 0.29) is 21.7 Å². The van der Waals surface area contributed by atoms with E-state index < -0.39 is 15.9 Å². The maximum absolute atomic E-state index is 13.8. The standard InChI is InChI=1S/C29H25ClN6O3S/c1-17(27-34-24-12-6-11-23(30)25(24)28(37)36(27)19-8-3-2-4-9-19)33-26-22(16-32-29(31)35-26)18-7-5-10-21(15-18)40(38,39)20-13-14-20/h2-12,15-17,20H,13-14H2,1H3,(H3,31,32,33,35)/t17-/m1/s1. The van der Waals surface area contributed by atoms with E-state index in [4.69, 9.17) is 22.3 Å². The summed E-state index contributed by atoms with van der Waals surface area (Å²) in [7, 11) is -3.39. The van der Waals surface area contributed by atoms with Gasteiger partial charge in [0.05, 0.1) is 37.8 Å². The van der Waals surface area contributed by atoms with E-state index in [1.807, 2.05) is 37.3 Å². The minimum Gasteiger partial charge on any atom is -0.368 e. The molecule has 1 fully saturated rings. The van der Waals surface area contributed by atoms with Gasteiger partial charge in [0.1, 0.15) is 11.6 Å². The van der Waals surface area contributed by atoms with Gasteiger partial charge in [-0.2, -0.15) is 4.98 Å². The average Bonchev–Trinajstić information content (AvgIpc) is 3.80. The molecule has 0 radical (unpaired) electrons. The Balaban J connectivity index is 1.46. The molecule has 5 aromatic rings. The molecule has 2 heterocycles. The van der Waals surface area contributed by atoms with Crippen LogP contribution in [-0.2, 0) is 9.84 Å². The minimum atomic E-state index is -3.39. The third kappa shape index (κ3) is 4.69. The molecule has 9 nitrogen and oxygen atoms in total. The van der Waals surface area contributed by atoms with Gasteiger partial charge in [-0.3, -0.25) is 9.36 Å². The first-order valence-electron chi connectivity index (χ1n) is 12.7. The molecule has 1 atom stereocenters. The van der Waals surface area contributed by atoms with Crippen LogP contribution in [0.3, 0.4) is 0 Å². The summed E-state index contributed by atoms with van der Waals surface area (Å²) < 4.78 is 27.3. The van der Waals surface area contributed by atoms with Crippen LogP contribution in [0.15, 0.2) is 88.7 Å². The van der Waals surface area contributed by atoms with Crippen LogP contribution in [0.5, 0.6) is 0 Å². The zero-order valence-electron chi connectivity index (χ0n) is 21.5. The number of rotatable bonds is 7. The molecule has 0 aliphatic heterocycles. The van der Waals surface area contributed by atoms with Gasteiger partial charge in [-0.25, -0.2) is 18.4 Å². The predicted octanol–water partition coefficient (Wildman–Crippen LogP) is 5.19. The van der Waals surface area contributed by atoms with Gasteiger partial charge >= 0.3 is 0 Å². The number of halogens is 1. The van der Waals surface area contributed by atoms with Crippen molar-refractivity contribution in [2.45, 2.75) is 36.0 Å². The Hall–Kier alpha value is -4.28. The summed E-state index contributed by atoms with van der Waals surface area (Å²) in [5.74, 6) is 0.846. The number of nitrogens with two attached hydrogens (primary N) is 1. The number of nitrogens with one attached hydrogen (secondary N) is 1. The molecule has 0 spiro atoms. The lowest BCUT2D eigenvalue weighted by Gasteiger charge is -2.21. The first-order valence-corrected chi connectivity index (χ1v) is 14.7. The number of para-hydroxylation sites is 1. The second kappa shape index (κ2) is 10.0. The van der Waals surface area contributed by atoms with E-state index in [0.717, 1.165) is 0 Å². The van der Waals surface area contributed by atoms with Crippen LogP contribution in [0.4, 0.5) is 11.8 Å². The van der Waals surface area contributed by atoms with Gasteiger partial charge in [0.15, 0.2) is 9.84 Å². The molecule has 202 valence electrons. The van der Waals surface area contributed by atoms with Crippen molar-refractivity contribution in [2.24, 2.45) is 0 Å². The van der Waals surface area contributed by atoms with E-state index in [2.05, 4.69) is 15.3 Å². The van der Waals surface area contributed by atoms with Crippen LogP contribution in [0.25, 0.3) is 27.7 Å². The highest BCUT2D eigenvalue weighted by molar-refractivity contribution is 7.92. The molecule has 0 bridgehead atoms. The quantitative estimate of drug-likeness (QED) is 0.272. The van der Waals surface area contributed by atoms with Crippen molar-refractivity contribution in [3.8, 4) is 16.8 Å². The molecule has 40 heavy (non-hydrogen) atoms. The molecule has 6 rings (SSSR count). The van der Waals surface area contributed by atoms with E-state index in [1.54, 1.807) is 48.7 Å². The highest BCUT2D eigenvalue weighted by Crippen LogP contribution is 2.36. The van der Waals surface area contributed by atoms with Crippen molar-refractivity contribution in [3.63, 3.8) is 0 Å². The zero-order chi connectivity index (χ0) is 28.0. The highest BCUT2D eigenvalue weighted by atomic mass is 35.5. The third-order valence-electron chi connectivity index (χ3n) is 6.87. The molecule has 0 saturated heterocycles. The number of benzene rings is 3. The minimum absolute atomic E-state index is 0.0407. The summed E-state index contributed by atoms with van der Waals surface area (Å²) in [6.07, 6.45) is 2.90. The van der Waals surface area contributed by atoms with E-state index in [0.29, 0.717) is 57.2 Å². The van der Waals surface area contributed by atoms with Crippen molar-refractivity contribution in [1.82, 2.24) is 19.5 Å². The number of hydrogen-bond donors (Lipinski definition) is 2. The fourth-order valence-corrected chi connectivity index (χ4v) is 6.67. The summed E-state index contributed by atoms with van der Waals surface area (Å²) in [6, 6.07) is 20.5. The first-order chi connectivity index (χ1) is 19.2. The zero-order valence-corrected chi connectivity index (χ0v) is 23.0. The summed E-state index contributed by atoms with van der Waals surface area (Å²) in [4.78, 5) is 27.4. The number of aromatic nitrogens is 4. The van der Waals surface area contributed by atoms with Crippen molar-refractivity contribution >= 4 is 44.1 Å². The van der Waals surface area contributed by atoms with Crippen LogP contribution < -0.4 is 16.6 Å².